The van der Waals surface area contributed by atoms with Crippen molar-refractivity contribution in [2.45, 2.75) is 50.4 Å². The molecule has 2 bridgehead atoms. The van der Waals surface area contributed by atoms with Crippen LogP contribution in [-0.2, 0) is 4.79 Å². The predicted molar refractivity (Wildman–Crippen MR) is 49.5 cm³/mol. The van der Waals surface area contributed by atoms with E-state index in [1.54, 1.807) is 13.8 Å². The number of carbonyl (C=O) groups is 1. The van der Waals surface area contributed by atoms with Crippen LogP contribution in [0.5, 0.6) is 0 Å². The van der Waals surface area contributed by atoms with Crippen LogP contribution in [0.3, 0.4) is 0 Å². The Morgan fingerprint density at radius 3 is 2.00 bits per heavy atom. The highest BCUT2D eigenvalue weighted by Crippen LogP contribution is 2.71. The molecular weight excluding hydrogens is 223 g/mol. The first-order chi connectivity index (χ1) is 7.00. The van der Waals surface area contributed by atoms with Crippen LogP contribution in [0.4, 0.5) is 13.2 Å². The minimum atomic E-state index is -4.82. The zero-order chi connectivity index (χ0) is 12.4. The topological polar surface area (TPSA) is 49.3 Å². The second kappa shape index (κ2) is 2.72. The van der Waals surface area contributed by atoms with Crippen molar-refractivity contribution < 1.29 is 23.1 Å². The first-order valence-corrected chi connectivity index (χ1v) is 5.12. The molecule has 0 atom stereocenters. The van der Waals surface area contributed by atoms with Gasteiger partial charge in [0.1, 0.15) is 0 Å². The average Bonchev–Trinajstić information content (AvgIpc) is 1.87. The second-order valence-electron chi connectivity index (χ2n) is 5.60. The molecule has 16 heavy (non-hydrogen) atoms. The summed E-state index contributed by atoms with van der Waals surface area (Å²) in [4.78, 5) is 10.8. The highest BCUT2D eigenvalue weighted by molar-refractivity contribution is 5.83. The Morgan fingerprint density at radius 2 is 1.69 bits per heavy atom. The quantitative estimate of drug-likeness (QED) is 0.761. The van der Waals surface area contributed by atoms with E-state index in [2.05, 4.69) is 0 Å². The molecule has 3 saturated carbocycles. The van der Waals surface area contributed by atoms with Crippen molar-refractivity contribution >= 4 is 5.91 Å². The van der Waals surface area contributed by atoms with Crippen molar-refractivity contribution in [2.24, 2.45) is 5.41 Å². The van der Waals surface area contributed by atoms with Gasteiger partial charge in [-0.15, -0.1) is 0 Å². The van der Waals surface area contributed by atoms with E-state index in [4.69, 9.17) is 0 Å². The predicted octanol–water partition coefficient (Wildman–Crippen LogP) is 1.36. The van der Waals surface area contributed by atoms with E-state index in [0.717, 1.165) is 0 Å². The lowest BCUT2D eigenvalue weighted by molar-refractivity contribution is -0.255. The number of alkyl halides is 3. The highest BCUT2D eigenvalue weighted by Gasteiger charge is 2.74. The van der Waals surface area contributed by atoms with Gasteiger partial charge in [-0.2, -0.15) is 13.2 Å². The number of carbonyl (C=O) groups excluding carboxylic acids is 1. The van der Waals surface area contributed by atoms with Gasteiger partial charge < -0.3 is 10.4 Å². The van der Waals surface area contributed by atoms with Crippen LogP contribution in [-0.4, -0.2) is 28.3 Å². The van der Waals surface area contributed by atoms with E-state index in [9.17, 15) is 23.1 Å². The van der Waals surface area contributed by atoms with E-state index in [1.807, 2.05) is 5.32 Å². The van der Waals surface area contributed by atoms with E-state index in [-0.39, 0.29) is 5.41 Å². The Labute approximate surface area is 91.0 Å². The Morgan fingerprint density at radius 1 is 1.25 bits per heavy atom. The summed E-state index contributed by atoms with van der Waals surface area (Å²) < 4.78 is 36.1. The number of aliphatic hydroxyl groups is 1. The van der Waals surface area contributed by atoms with Gasteiger partial charge in [0.15, 0.2) is 0 Å². The molecule has 0 heterocycles. The van der Waals surface area contributed by atoms with Gasteiger partial charge in [0, 0.05) is 11.0 Å². The Kier molecular flexibility index (Phi) is 1.99. The van der Waals surface area contributed by atoms with E-state index in [1.165, 1.54) is 0 Å². The Bertz CT molecular complexity index is 323. The lowest BCUT2D eigenvalue weighted by atomic mass is 9.35. The van der Waals surface area contributed by atoms with E-state index in [0.29, 0.717) is 19.3 Å². The SMILES string of the molecule is CC(C)(O)C12CC(NC(=O)C(F)(F)F)(C1)C2. The molecule has 3 aliphatic rings. The number of hydrogen-bond acceptors (Lipinski definition) is 2. The number of halogens is 3. The summed E-state index contributed by atoms with van der Waals surface area (Å²) in [7, 11) is 0. The molecule has 3 aliphatic carbocycles. The third kappa shape index (κ3) is 1.43. The molecule has 0 aromatic carbocycles. The first-order valence-electron chi connectivity index (χ1n) is 5.12. The second-order valence-corrected chi connectivity index (χ2v) is 5.60. The minimum Gasteiger partial charge on any atom is -0.390 e. The lowest BCUT2D eigenvalue weighted by Gasteiger charge is -2.74. The molecule has 0 aromatic rings. The molecule has 3 fully saturated rings. The molecule has 0 radical (unpaired) electrons. The van der Waals surface area contributed by atoms with Crippen molar-refractivity contribution in [3.8, 4) is 0 Å². The van der Waals surface area contributed by atoms with E-state index >= 15 is 0 Å². The minimum absolute atomic E-state index is 0.300. The normalized spacial score (nSPS) is 37.4. The fourth-order valence-corrected chi connectivity index (χ4v) is 2.88. The van der Waals surface area contributed by atoms with Crippen LogP contribution in [0.25, 0.3) is 0 Å². The van der Waals surface area contributed by atoms with Gasteiger partial charge in [-0.1, -0.05) is 0 Å². The molecule has 3 nitrogen and oxygen atoms in total. The first kappa shape index (κ1) is 11.7. The summed E-state index contributed by atoms with van der Waals surface area (Å²) in [5.74, 6) is -1.88. The summed E-state index contributed by atoms with van der Waals surface area (Å²) in [6.45, 7) is 3.31. The van der Waals surface area contributed by atoms with Gasteiger partial charge in [0.2, 0.25) is 0 Å². The van der Waals surface area contributed by atoms with Gasteiger partial charge in [-0.05, 0) is 33.1 Å². The average molecular weight is 237 g/mol. The molecule has 0 spiro atoms. The van der Waals surface area contributed by atoms with Crippen molar-refractivity contribution in [3.05, 3.63) is 0 Å². The molecule has 1 amide bonds. The molecular formula is C10H14F3NO2. The van der Waals surface area contributed by atoms with Gasteiger partial charge in [0.05, 0.1) is 5.60 Å². The van der Waals surface area contributed by atoms with Crippen LogP contribution in [0.15, 0.2) is 0 Å². The van der Waals surface area contributed by atoms with Crippen LogP contribution in [0, 0.1) is 5.41 Å². The fourth-order valence-electron chi connectivity index (χ4n) is 2.88. The monoisotopic (exact) mass is 237 g/mol. The number of rotatable bonds is 2. The fraction of sp³-hybridized carbons (Fsp3) is 0.900. The summed E-state index contributed by atoms with van der Waals surface area (Å²) in [5, 5.41) is 11.8. The van der Waals surface area contributed by atoms with Crippen molar-refractivity contribution in [2.75, 3.05) is 0 Å². The highest BCUT2D eigenvalue weighted by atomic mass is 19.4. The number of hydrogen-bond donors (Lipinski definition) is 2. The maximum absolute atomic E-state index is 12.0. The summed E-state index contributed by atoms with van der Waals surface area (Å²) in [6.07, 6.45) is -3.51. The zero-order valence-corrected chi connectivity index (χ0v) is 9.11. The Hall–Kier alpha value is -0.780. The van der Waals surface area contributed by atoms with Crippen LogP contribution in [0.1, 0.15) is 33.1 Å². The maximum atomic E-state index is 12.0. The molecule has 6 heteroatoms. The number of nitrogens with one attached hydrogen (secondary N) is 1. The van der Waals surface area contributed by atoms with Crippen molar-refractivity contribution in [1.29, 1.82) is 0 Å². The summed E-state index contributed by atoms with van der Waals surface area (Å²) in [6, 6.07) is 0. The standard InChI is InChI=1S/C10H14F3NO2/c1-7(2,16)8-3-9(4-8,5-8)14-6(15)10(11,12)13/h16H,3-5H2,1-2H3,(H,14,15). The van der Waals surface area contributed by atoms with E-state index < -0.39 is 23.2 Å². The van der Waals surface area contributed by atoms with Gasteiger partial charge in [0.25, 0.3) is 0 Å². The van der Waals surface area contributed by atoms with Gasteiger partial charge in [-0.25, -0.2) is 0 Å². The third-order valence-corrected chi connectivity index (χ3v) is 3.96. The lowest BCUT2D eigenvalue weighted by Crippen LogP contribution is -2.80. The summed E-state index contributed by atoms with van der Waals surface area (Å²) >= 11 is 0. The van der Waals surface area contributed by atoms with Crippen LogP contribution in [0.2, 0.25) is 0 Å². The molecule has 0 aliphatic heterocycles. The number of amides is 1. The summed E-state index contributed by atoms with van der Waals surface area (Å²) in [5.41, 5.74) is -1.91. The van der Waals surface area contributed by atoms with Crippen molar-refractivity contribution in [3.63, 3.8) is 0 Å². The van der Waals surface area contributed by atoms with Gasteiger partial charge >= 0.3 is 12.1 Å². The van der Waals surface area contributed by atoms with Crippen LogP contribution >= 0.6 is 0 Å². The third-order valence-electron chi connectivity index (χ3n) is 3.96. The van der Waals surface area contributed by atoms with Crippen LogP contribution < -0.4 is 5.32 Å². The molecule has 0 unspecified atom stereocenters. The zero-order valence-electron chi connectivity index (χ0n) is 9.11. The maximum Gasteiger partial charge on any atom is 0.471 e. The van der Waals surface area contributed by atoms with Gasteiger partial charge in [-0.3, -0.25) is 4.79 Å². The largest absolute Gasteiger partial charge is 0.471 e. The molecule has 0 saturated heterocycles. The molecule has 0 aromatic heterocycles. The van der Waals surface area contributed by atoms with Crippen molar-refractivity contribution in [1.82, 2.24) is 5.32 Å². The molecule has 3 rings (SSSR count). The molecule has 2 N–H and O–H groups in total. The molecule has 92 valence electrons. The smallest absolute Gasteiger partial charge is 0.390 e. The Balaban J connectivity index is 1.93.